The molecular weight excluding hydrogens is 248 g/mol. The molecule has 0 bridgehead atoms. The fraction of sp³-hybridized carbons (Fsp3) is 0.111. The Morgan fingerprint density at radius 3 is 2.25 bits per heavy atom. The van der Waals surface area contributed by atoms with Gasteiger partial charge in [-0.15, -0.1) is 0 Å². The molecular formula is C18H16O2. The summed E-state index contributed by atoms with van der Waals surface area (Å²) >= 11 is 0. The minimum atomic E-state index is -0.102. The minimum Gasteiger partial charge on any atom is -0.295 e. The molecule has 0 spiro atoms. The van der Waals surface area contributed by atoms with Gasteiger partial charge in [0.05, 0.1) is 0 Å². The Hall–Kier alpha value is -2.48. The standard InChI is InChI=1S/C18H16O2/c1-14(19)17(13-15-7-5-6-8-15)11-12-18(20)16-9-3-2-4-10-16/h2-13,15H,1H3. The molecule has 0 unspecified atom stereocenters. The van der Waals surface area contributed by atoms with Crippen LogP contribution in [0.5, 0.6) is 0 Å². The largest absolute Gasteiger partial charge is 0.295 e. The van der Waals surface area contributed by atoms with Crippen LogP contribution < -0.4 is 0 Å². The predicted octanol–water partition coefficient (Wildman–Crippen LogP) is 3.68. The molecule has 0 heterocycles. The second kappa shape index (κ2) is 6.62. The van der Waals surface area contributed by atoms with E-state index in [2.05, 4.69) is 0 Å². The number of carbonyl (C=O) groups excluding carboxylic acids is 2. The number of Topliss-reactive ketones (excluding diaryl/α,β-unsaturated/α-hetero) is 1. The first-order chi connectivity index (χ1) is 9.66. The highest BCUT2D eigenvalue weighted by molar-refractivity contribution is 6.06. The number of ketones is 2. The number of rotatable bonds is 5. The van der Waals surface area contributed by atoms with Crippen LogP contribution >= 0.6 is 0 Å². The van der Waals surface area contributed by atoms with E-state index < -0.39 is 0 Å². The van der Waals surface area contributed by atoms with Crippen molar-refractivity contribution in [3.05, 3.63) is 84.0 Å². The molecule has 1 aliphatic rings. The maximum atomic E-state index is 12.0. The van der Waals surface area contributed by atoms with Crippen LogP contribution in [-0.2, 0) is 4.79 Å². The molecule has 0 saturated carbocycles. The Morgan fingerprint density at radius 2 is 1.65 bits per heavy atom. The second-order valence-corrected chi connectivity index (χ2v) is 4.59. The number of hydrogen-bond donors (Lipinski definition) is 0. The Kier molecular flexibility index (Phi) is 4.61. The topological polar surface area (TPSA) is 34.1 Å². The number of hydrogen-bond acceptors (Lipinski definition) is 2. The lowest BCUT2D eigenvalue weighted by molar-refractivity contribution is -0.113. The number of carbonyl (C=O) groups is 2. The molecule has 0 radical (unpaired) electrons. The summed E-state index contributed by atoms with van der Waals surface area (Å²) in [4.78, 5) is 23.6. The molecule has 0 amide bonds. The van der Waals surface area contributed by atoms with Crippen LogP contribution in [0.4, 0.5) is 0 Å². The molecule has 1 aromatic carbocycles. The molecule has 2 rings (SSSR count). The lowest BCUT2D eigenvalue weighted by atomic mass is 10.0. The van der Waals surface area contributed by atoms with Crippen LogP contribution in [0, 0.1) is 5.92 Å². The fourth-order valence-electron chi connectivity index (χ4n) is 1.92. The molecule has 1 aromatic rings. The van der Waals surface area contributed by atoms with Gasteiger partial charge in [-0.25, -0.2) is 0 Å². The van der Waals surface area contributed by atoms with E-state index in [1.807, 2.05) is 48.6 Å². The molecule has 100 valence electrons. The maximum absolute atomic E-state index is 12.0. The van der Waals surface area contributed by atoms with Crippen molar-refractivity contribution in [3.63, 3.8) is 0 Å². The smallest absolute Gasteiger partial charge is 0.185 e. The lowest BCUT2D eigenvalue weighted by Crippen LogP contribution is -1.99. The average molecular weight is 264 g/mol. The lowest BCUT2D eigenvalue weighted by Gasteiger charge is -2.01. The summed E-state index contributed by atoms with van der Waals surface area (Å²) in [5.41, 5.74) is 1.17. The fourth-order valence-corrected chi connectivity index (χ4v) is 1.92. The Balaban J connectivity index is 2.14. The van der Waals surface area contributed by atoms with Gasteiger partial charge in [0, 0.05) is 17.1 Å². The summed E-state index contributed by atoms with van der Waals surface area (Å²) in [6.07, 6.45) is 12.8. The van der Waals surface area contributed by atoms with Gasteiger partial charge in [-0.1, -0.05) is 60.7 Å². The predicted molar refractivity (Wildman–Crippen MR) is 80.4 cm³/mol. The average Bonchev–Trinajstić information content (AvgIpc) is 2.96. The van der Waals surface area contributed by atoms with Gasteiger partial charge >= 0.3 is 0 Å². The molecule has 0 atom stereocenters. The van der Waals surface area contributed by atoms with Crippen molar-refractivity contribution in [1.82, 2.24) is 0 Å². The van der Waals surface area contributed by atoms with Crippen molar-refractivity contribution in [3.8, 4) is 0 Å². The zero-order chi connectivity index (χ0) is 14.4. The summed E-state index contributed by atoms with van der Waals surface area (Å²) in [6.45, 7) is 1.51. The van der Waals surface area contributed by atoms with Crippen LogP contribution in [0.2, 0.25) is 0 Å². The Labute approximate surface area is 118 Å². The molecule has 0 aliphatic heterocycles. The van der Waals surface area contributed by atoms with Gasteiger partial charge in [-0.05, 0) is 19.1 Å². The van der Waals surface area contributed by atoms with Crippen LogP contribution in [0.25, 0.3) is 0 Å². The monoisotopic (exact) mass is 264 g/mol. The van der Waals surface area contributed by atoms with Crippen molar-refractivity contribution >= 4 is 11.6 Å². The highest BCUT2D eigenvalue weighted by Crippen LogP contribution is 2.14. The van der Waals surface area contributed by atoms with E-state index in [0.717, 1.165) is 0 Å². The van der Waals surface area contributed by atoms with Crippen LogP contribution in [0.15, 0.2) is 78.4 Å². The van der Waals surface area contributed by atoms with Crippen molar-refractivity contribution in [2.45, 2.75) is 6.92 Å². The SMILES string of the molecule is CC(=O)C(C=CC(=O)c1ccccc1)=CC1C=CC=C1. The number of allylic oxidation sites excluding steroid dienone is 8. The second-order valence-electron chi connectivity index (χ2n) is 4.59. The molecule has 0 saturated heterocycles. The third-order valence-electron chi connectivity index (χ3n) is 3.03. The van der Waals surface area contributed by atoms with Gasteiger partial charge in [0.2, 0.25) is 0 Å². The molecule has 0 aromatic heterocycles. The number of benzene rings is 1. The molecule has 2 nitrogen and oxygen atoms in total. The molecule has 0 fully saturated rings. The first-order valence-electron chi connectivity index (χ1n) is 6.52. The van der Waals surface area contributed by atoms with Crippen molar-refractivity contribution in [2.24, 2.45) is 5.92 Å². The summed E-state index contributed by atoms with van der Waals surface area (Å²) in [6, 6.07) is 9.01. The third-order valence-corrected chi connectivity index (χ3v) is 3.03. The van der Waals surface area contributed by atoms with Gasteiger partial charge in [0.25, 0.3) is 0 Å². The highest BCUT2D eigenvalue weighted by atomic mass is 16.1. The molecule has 2 heteroatoms. The third kappa shape index (κ3) is 3.75. The van der Waals surface area contributed by atoms with E-state index in [0.29, 0.717) is 11.1 Å². The van der Waals surface area contributed by atoms with E-state index in [4.69, 9.17) is 0 Å². The van der Waals surface area contributed by atoms with E-state index in [-0.39, 0.29) is 17.5 Å². The highest BCUT2D eigenvalue weighted by Gasteiger charge is 2.06. The quantitative estimate of drug-likeness (QED) is 0.462. The molecule has 1 aliphatic carbocycles. The zero-order valence-electron chi connectivity index (χ0n) is 11.3. The van der Waals surface area contributed by atoms with Crippen LogP contribution in [0.3, 0.4) is 0 Å². The first kappa shape index (κ1) is 13.9. The van der Waals surface area contributed by atoms with E-state index in [1.54, 1.807) is 18.2 Å². The summed E-state index contributed by atoms with van der Waals surface area (Å²) in [5.74, 6) is -0.0172. The Morgan fingerprint density at radius 1 is 1.00 bits per heavy atom. The molecule has 0 N–H and O–H groups in total. The van der Waals surface area contributed by atoms with Gasteiger partial charge in [-0.2, -0.15) is 0 Å². The summed E-state index contributed by atoms with van der Waals surface area (Å²) < 4.78 is 0. The first-order valence-corrected chi connectivity index (χ1v) is 6.52. The van der Waals surface area contributed by atoms with E-state index in [9.17, 15) is 9.59 Å². The van der Waals surface area contributed by atoms with Crippen molar-refractivity contribution in [2.75, 3.05) is 0 Å². The zero-order valence-corrected chi connectivity index (χ0v) is 11.3. The molecule has 20 heavy (non-hydrogen) atoms. The maximum Gasteiger partial charge on any atom is 0.185 e. The summed E-state index contributed by atoms with van der Waals surface area (Å²) in [5, 5.41) is 0. The van der Waals surface area contributed by atoms with E-state index >= 15 is 0 Å². The summed E-state index contributed by atoms with van der Waals surface area (Å²) in [7, 11) is 0. The van der Waals surface area contributed by atoms with Gasteiger partial charge in [0.1, 0.15) is 0 Å². The van der Waals surface area contributed by atoms with Gasteiger partial charge < -0.3 is 0 Å². The van der Waals surface area contributed by atoms with Crippen LogP contribution in [-0.4, -0.2) is 11.6 Å². The van der Waals surface area contributed by atoms with Crippen LogP contribution in [0.1, 0.15) is 17.3 Å². The van der Waals surface area contributed by atoms with Crippen molar-refractivity contribution < 1.29 is 9.59 Å². The Bertz CT molecular complexity index is 604. The van der Waals surface area contributed by atoms with Gasteiger partial charge in [-0.3, -0.25) is 9.59 Å². The van der Waals surface area contributed by atoms with E-state index in [1.165, 1.54) is 13.0 Å². The van der Waals surface area contributed by atoms with Gasteiger partial charge in [0.15, 0.2) is 11.6 Å². The van der Waals surface area contributed by atoms with Crippen molar-refractivity contribution in [1.29, 1.82) is 0 Å². The minimum absolute atomic E-state index is 0.0455. The normalized spacial score (nSPS) is 15.2.